The molecule has 0 bridgehead atoms. The quantitative estimate of drug-likeness (QED) is 0.710. The van der Waals surface area contributed by atoms with Crippen LogP contribution >= 0.6 is 11.8 Å². The van der Waals surface area contributed by atoms with Gasteiger partial charge >= 0.3 is 0 Å². The predicted molar refractivity (Wildman–Crippen MR) is 65.7 cm³/mol. The minimum Gasteiger partial charge on any atom is -0.295 e. The van der Waals surface area contributed by atoms with Gasteiger partial charge in [-0.2, -0.15) is 11.8 Å². The predicted octanol–water partition coefficient (Wildman–Crippen LogP) is 3.50. The molecule has 2 rings (SSSR count). The summed E-state index contributed by atoms with van der Waals surface area (Å²) in [6, 6.07) is 8.15. The van der Waals surface area contributed by atoms with Crippen LogP contribution in [0, 0.1) is 0 Å². The lowest BCUT2D eigenvalue weighted by Gasteiger charge is -2.21. The van der Waals surface area contributed by atoms with Crippen molar-refractivity contribution >= 4 is 17.5 Å². The fourth-order valence-electron chi connectivity index (χ4n) is 1.99. The Kier molecular flexibility index (Phi) is 3.47. The van der Waals surface area contributed by atoms with Gasteiger partial charge in [0, 0.05) is 11.3 Å². The Morgan fingerprint density at radius 2 is 2.07 bits per heavy atom. The van der Waals surface area contributed by atoms with Crippen LogP contribution in [0.25, 0.3) is 0 Å². The molecule has 0 radical (unpaired) electrons. The molecule has 0 aliphatic carbocycles. The van der Waals surface area contributed by atoms with Gasteiger partial charge in [-0.25, -0.2) is 0 Å². The topological polar surface area (TPSA) is 17.1 Å². The first-order valence-corrected chi connectivity index (χ1v) is 6.61. The maximum absolute atomic E-state index is 11.1. The standard InChI is InChI=1S/C13H16OS/c1-10(14)11-4-6-12(7-5-11)13-3-2-8-15-9-13/h4-7,13H,2-3,8-9H2,1H3. The number of rotatable bonds is 2. The largest absolute Gasteiger partial charge is 0.295 e. The Morgan fingerprint density at radius 1 is 1.33 bits per heavy atom. The molecular formula is C13H16OS. The summed E-state index contributed by atoms with van der Waals surface area (Å²) in [5.41, 5.74) is 2.22. The Balaban J connectivity index is 2.11. The average Bonchev–Trinajstić information content (AvgIpc) is 2.30. The lowest BCUT2D eigenvalue weighted by atomic mass is 9.95. The molecule has 1 atom stereocenters. The molecule has 1 fully saturated rings. The van der Waals surface area contributed by atoms with Crippen LogP contribution in [-0.2, 0) is 0 Å². The molecule has 15 heavy (non-hydrogen) atoms. The Labute approximate surface area is 95.3 Å². The number of Topliss-reactive ketones (excluding diaryl/α,β-unsaturated/α-hetero) is 1. The van der Waals surface area contributed by atoms with E-state index in [-0.39, 0.29) is 5.78 Å². The van der Waals surface area contributed by atoms with E-state index >= 15 is 0 Å². The van der Waals surface area contributed by atoms with E-state index < -0.39 is 0 Å². The molecule has 1 heterocycles. The summed E-state index contributed by atoms with van der Waals surface area (Å²) in [6.45, 7) is 1.62. The van der Waals surface area contributed by atoms with Gasteiger partial charge < -0.3 is 0 Å². The van der Waals surface area contributed by atoms with Gasteiger partial charge in [0.2, 0.25) is 0 Å². The third-order valence-corrected chi connectivity index (χ3v) is 4.16. The van der Waals surface area contributed by atoms with E-state index in [1.165, 1.54) is 29.9 Å². The molecular weight excluding hydrogens is 204 g/mol. The van der Waals surface area contributed by atoms with Crippen LogP contribution in [0.5, 0.6) is 0 Å². The van der Waals surface area contributed by atoms with Gasteiger partial charge in [-0.05, 0) is 37.0 Å². The summed E-state index contributed by atoms with van der Waals surface area (Å²) in [7, 11) is 0. The normalized spacial score (nSPS) is 21.3. The highest BCUT2D eigenvalue weighted by Crippen LogP contribution is 2.31. The smallest absolute Gasteiger partial charge is 0.159 e. The number of ketones is 1. The zero-order valence-electron chi connectivity index (χ0n) is 9.03. The molecule has 0 spiro atoms. The molecule has 1 aliphatic rings. The number of benzene rings is 1. The van der Waals surface area contributed by atoms with Crippen molar-refractivity contribution in [2.75, 3.05) is 11.5 Å². The van der Waals surface area contributed by atoms with Crippen LogP contribution in [0.4, 0.5) is 0 Å². The first-order valence-electron chi connectivity index (χ1n) is 5.46. The summed E-state index contributed by atoms with van der Waals surface area (Å²) in [4.78, 5) is 11.1. The number of carbonyl (C=O) groups is 1. The lowest BCUT2D eigenvalue weighted by molar-refractivity contribution is 0.101. The van der Waals surface area contributed by atoms with Crippen molar-refractivity contribution in [2.45, 2.75) is 25.7 Å². The zero-order valence-corrected chi connectivity index (χ0v) is 9.85. The zero-order chi connectivity index (χ0) is 10.7. The summed E-state index contributed by atoms with van der Waals surface area (Å²) < 4.78 is 0. The van der Waals surface area contributed by atoms with Gasteiger partial charge in [-0.15, -0.1) is 0 Å². The molecule has 1 aromatic rings. The van der Waals surface area contributed by atoms with Gasteiger partial charge in [0.05, 0.1) is 0 Å². The summed E-state index contributed by atoms with van der Waals surface area (Å²) in [5, 5.41) is 0. The molecule has 0 amide bonds. The summed E-state index contributed by atoms with van der Waals surface area (Å²) in [6.07, 6.45) is 2.62. The van der Waals surface area contributed by atoms with E-state index in [1.54, 1.807) is 6.92 Å². The van der Waals surface area contributed by atoms with E-state index in [1.807, 2.05) is 23.9 Å². The Bertz CT molecular complexity index is 336. The average molecular weight is 220 g/mol. The van der Waals surface area contributed by atoms with Crippen LogP contribution in [0.15, 0.2) is 24.3 Å². The molecule has 80 valence electrons. The van der Waals surface area contributed by atoms with Crippen molar-refractivity contribution < 1.29 is 4.79 Å². The fourth-order valence-corrected chi connectivity index (χ4v) is 3.17. The molecule has 1 nitrogen and oxygen atoms in total. The molecule has 1 aliphatic heterocycles. The molecule has 0 aromatic heterocycles. The van der Waals surface area contributed by atoms with Crippen molar-refractivity contribution in [3.05, 3.63) is 35.4 Å². The maximum atomic E-state index is 11.1. The maximum Gasteiger partial charge on any atom is 0.159 e. The van der Waals surface area contributed by atoms with Crippen LogP contribution in [0.1, 0.15) is 41.6 Å². The third kappa shape index (κ3) is 2.63. The lowest BCUT2D eigenvalue weighted by Crippen LogP contribution is -2.08. The minimum absolute atomic E-state index is 0.152. The van der Waals surface area contributed by atoms with Gasteiger partial charge in [-0.1, -0.05) is 24.3 Å². The van der Waals surface area contributed by atoms with Gasteiger partial charge in [0.15, 0.2) is 5.78 Å². The van der Waals surface area contributed by atoms with Crippen LogP contribution in [0.3, 0.4) is 0 Å². The molecule has 1 aromatic carbocycles. The highest BCUT2D eigenvalue weighted by Gasteiger charge is 2.15. The molecule has 0 N–H and O–H groups in total. The number of thioether (sulfide) groups is 1. The second kappa shape index (κ2) is 4.84. The van der Waals surface area contributed by atoms with Crippen molar-refractivity contribution in [3.8, 4) is 0 Å². The Morgan fingerprint density at radius 3 is 2.60 bits per heavy atom. The van der Waals surface area contributed by atoms with Crippen LogP contribution in [0.2, 0.25) is 0 Å². The first kappa shape index (κ1) is 10.7. The summed E-state index contributed by atoms with van der Waals surface area (Å²) in [5.74, 6) is 3.39. The summed E-state index contributed by atoms with van der Waals surface area (Å²) >= 11 is 2.04. The molecule has 0 saturated carbocycles. The van der Waals surface area contributed by atoms with E-state index in [0.29, 0.717) is 5.92 Å². The number of hydrogen-bond acceptors (Lipinski definition) is 2. The van der Waals surface area contributed by atoms with Crippen LogP contribution < -0.4 is 0 Å². The second-order valence-electron chi connectivity index (χ2n) is 4.09. The second-order valence-corrected chi connectivity index (χ2v) is 5.24. The van der Waals surface area contributed by atoms with Crippen LogP contribution in [-0.4, -0.2) is 17.3 Å². The first-order chi connectivity index (χ1) is 7.27. The highest BCUT2D eigenvalue weighted by molar-refractivity contribution is 7.99. The number of hydrogen-bond donors (Lipinski definition) is 0. The van der Waals surface area contributed by atoms with Gasteiger partial charge in [-0.3, -0.25) is 4.79 Å². The van der Waals surface area contributed by atoms with E-state index in [4.69, 9.17) is 0 Å². The van der Waals surface area contributed by atoms with E-state index in [2.05, 4.69) is 12.1 Å². The van der Waals surface area contributed by atoms with Gasteiger partial charge in [0.1, 0.15) is 0 Å². The minimum atomic E-state index is 0.152. The fraction of sp³-hybridized carbons (Fsp3) is 0.462. The molecule has 2 heteroatoms. The van der Waals surface area contributed by atoms with Crippen molar-refractivity contribution in [2.24, 2.45) is 0 Å². The van der Waals surface area contributed by atoms with Gasteiger partial charge in [0.25, 0.3) is 0 Å². The van der Waals surface area contributed by atoms with Crippen molar-refractivity contribution in [1.29, 1.82) is 0 Å². The Hall–Kier alpha value is -0.760. The van der Waals surface area contributed by atoms with Crippen molar-refractivity contribution in [1.82, 2.24) is 0 Å². The SMILES string of the molecule is CC(=O)c1ccc(C2CCCSC2)cc1. The monoisotopic (exact) mass is 220 g/mol. The van der Waals surface area contributed by atoms with E-state index in [9.17, 15) is 4.79 Å². The molecule has 1 unspecified atom stereocenters. The van der Waals surface area contributed by atoms with E-state index in [0.717, 1.165) is 5.56 Å². The van der Waals surface area contributed by atoms with Crippen molar-refractivity contribution in [3.63, 3.8) is 0 Å². The molecule has 1 saturated heterocycles. The third-order valence-electron chi connectivity index (χ3n) is 2.95. The number of carbonyl (C=O) groups excluding carboxylic acids is 1. The highest BCUT2D eigenvalue weighted by atomic mass is 32.2.